The van der Waals surface area contributed by atoms with Crippen LogP contribution in [0.2, 0.25) is 13.1 Å². The van der Waals surface area contributed by atoms with Gasteiger partial charge in [0.15, 0.2) is 0 Å². The molecule has 4 rings (SSSR count). The van der Waals surface area contributed by atoms with Gasteiger partial charge in [-0.15, -0.1) is 24.8 Å². The van der Waals surface area contributed by atoms with Gasteiger partial charge in [0, 0.05) is 0 Å². The molecule has 2 aliphatic carbocycles. The van der Waals surface area contributed by atoms with Crippen molar-refractivity contribution in [3.05, 3.63) is 85.1 Å². The fourth-order valence-electron chi connectivity index (χ4n) is 5.24. The quantitative estimate of drug-likeness (QED) is 0.360. The van der Waals surface area contributed by atoms with E-state index in [1.54, 1.807) is 27.9 Å². The van der Waals surface area contributed by atoms with Crippen LogP contribution in [0, 0.1) is 5.92 Å². The summed E-state index contributed by atoms with van der Waals surface area (Å²) in [7, 11) is 0. The van der Waals surface area contributed by atoms with Crippen molar-refractivity contribution in [2.45, 2.75) is 51.3 Å². The predicted molar refractivity (Wildman–Crippen MR) is 132 cm³/mol. The fourth-order valence-corrected chi connectivity index (χ4v) is 25.9. The Kier molecular flexibility index (Phi) is 8.47. The topological polar surface area (TPSA) is 13.1 Å². The molecular weight excluding hydrogens is 506 g/mol. The third-order valence-corrected chi connectivity index (χ3v) is 25.9. The summed E-state index contributed by atoms with van der Waals surface area (Å²) in [6.07, 6.45) is 3.73. The van der Waals surface area contributed by atoms with Crippen molar-refractivity contribution >= 4 is 35.8 Å². The fraction of sp³-hybridized carbons (Fsp3) is 0.360. The number of halogens is 2. The average Bonchev–Trinajstić information content (AvgIpc) is 3.33. The molecule has 2 aromatic rings. The molecule has 2 unspecified atom stereocenters. The van der Waals surface area contributed by atoms with Gasteiger partial charge in [0.2, 0.25) is 0 Å². The van der Waals surface area contributed by atoms with E-state index in [0.29, 0.717) is 9.54 Å². The summed E-state index contributed by atoms with van der Waals surface area (Å²) in [5, 5.41) is 0. The Bertz CT molecular complexity index is 1090. The predicted octanol–water partition coefficient (Wildman–Crippen LogP) is 8.13. The zero-order valence-electron chi connectivity index (χ0n) is 18.9. The van der Waals surface area contributed by atoms with Gasteiger partial charge >= 0.3 is 178 Å². The van der Waals surface area contributed by atoms with Crippen molar-refractivity contribution in [1.82, 2.24) is 0 Å². The van der Waals surface area contributed by atoms with E-state index in [-0.39, 0.29) is 30.2 Å². The van der Waals surface area contributed by atoms with Gasteiger partial charge < -0.3 is 0 Å². The molecule has 0 spiro atoms. The summed E-state index contributed by atoms with van der Waals surface area (Å²) in [5.74, 6) is 0.646. The standard InChI is InChI=1S/C14H11O.C9H13.C2H6Si.2ClH.Zr/c1-10-8-11-4-2-3-5-13(11)14(10)12-6-7-15-9-12;1-6-5-7(2)9(4)8(6)3;1-3-2;;;/h2-9H,1H3;6H,1-4H3;1-2H3;2*1H;. The molecule has 30 heavy (non-hydrogen) atoms. The molecule has 160 valence electrons. The van der Waals surface area contributed by atoms with Crippen LogP contribution in [0.5, 0.6) is 0 Å². The number of furan rings is 1. The summed E-state index contributed by atoms with van der Waals surface area (Å²) in [6.45, 7) is 17.1. The monoisotopic (exact) mass is 536 g/mol. The van der Waals surface area contributed by atoms with Crippen LogP contribution in [0.15, 0.2) is 72.8 Å². The molecule has 2 atom stereocenters. The number of rotatable bonds is 3. The van der Waals surface area contributed by atoms with Gasteiger partial charge in [-0.3, -0.25) is 0 Å². The summed E-state index contributed by atoms with van der Waals surface area (Å²) < 4.78 is 8.03. The number of fused-ring (bicyclic) bond motifs is 1. The zero-order chi connectivity index (χ0) is 20.2. The smallest absolute Gasteiger partial charge is 0.147 e. The molecule has 0 saturated carbocycles. The number of benzene rings is 1. The van der Waals surface area contributed by atoms with Gasteiger partial charge in [-0.25, -0.2) is 0 Å². The van der Waals surface area contributed by atoms with Crippen LogP contribution in [0.1, 0.15) is 54.9 Å². The van der Waals surface area contributed by atoms with Crippen molar-refractivity contribution in [2.24, 2.45) is 5.92 Å². The molecule has 0 fully saturated rings. The van der Waals surface area contributed by atoms with Crippen molar-refractivity contribution < 1.29 is 24.8 Å². The van der Waals surface area contributed by atoms with E-state index in [0.717, 1.165) is 0 Å². The van der Waals surface area contributed by atoms with Crippen LogP contribution in [-0.4, -0.2) is 5.43 Å². The first kappa shape index (κ1) is 25.7. The van der Waals surface area contributed by atoms with E-state index in [4.69, 9.17) is 4.42 Å². The maximum atomic E-state index is 5.47. The number of allylic oxidation sites excluding steroid dienone is 5. The Morgan fingerprint density at radius 3 is 2.10 bits per heavy atom. The van der Waals surface area contributed by atoms with E-state index in [9.17, 15) is 0 Å². The first-order chi connectivity index (χ1) is 13.3. The second kappa shape index (κ2) is 9.90. The maximum Gasteiger partial charge on any atom is -0.147 e. The maximum absolute atomic E-state index is 5.47. The molecule has 0 N–H and O–H groups in total. The molecule has 1 heterocycles. The molecule has 1 aromatic carbocycles. The van der Waals surface area contributed by atoms with Crippen LogP contribution in [0.4, 0.5) is 0 Å². The molecule has 5 heteroatoms. The molecule has 0 saturated heterocycles. The van der Waals surface area contributed by atoms with E-state index < -0.39 is 20.4 Å². The molecule has 0 aliphatic heterocycles. The van der Waals surface area contributed by atoms with E-state index in [2.05, 4.69) is 78.0 Å². The zero-order valence-corrected chi connectivity index (χ0v) is 24.0. The molecule has 0 amide bonds. The van der Waals surface area contributed by atoms with Gasteiger partial charge in [-0.1, -0.05) is 0 Å². The van der Waals surface area contributed by atoms with Gasteiger partial charge in [-0.05, 0) is 0 Å². The van der Waals surface area contributed by atoms with Gasteiger partial charge in [0.1, 0.15) is 0 Å². The molecule has 2 aliphatic rings. The number of hydrogen-bond donors (Lipinski definition) is 0. The number of hydrogen-bond acceptors (Lipinski definition) is 1. The van der Waals surface area contributed by atoms with Crippen LogP contribution in [-0.2, 0) is 20.4 Å². The summed E-state index contributed by atoms with van der Waals surface area (Å²) in [5.41, 5.74) is 11.7. The van der Waals surface area contributed by atoms with Gasteiger partial charge in [-0.2, -0.15) is 0 Å². The molecule has 0 radical (unpaired) electrons. The molecule has 1 aromatic heterocycles. The van der Waals surface area contributed by atoms with Crippen LogP contribution >= 0.6 is 24.8 Å². The molecule has 0 bridgehead atoms. The van der Waals surface area contributed by atoms with Gasteiger partial charge in [0.25, 0.3) is 0 Å². The summed E-state index contributed by atoms with van der Waals surface area (Å²) >= 11 is -1.94. The SMILES string of the molecule is CC1=C(C)C(C)[C]([Zr]([CH]2C(C)=C(c3ccoc3)c3ccccc32)=[Si](C)C)=C1C.Cl.Cl. The molecular formula is C25H32Cl2OSiZr. The van der Waals surface area contributed by atoms with E-state index in [1.807, 2.05) is 15.8 Å². The minimum absolute atomic E-state index is 0. The Morgan fingerprint density at radius 1 is 0.900 bits per heavy atom. The van der Waals surface area contributed by atoms with Crippen LogP contribution in [0.25, 0.3) is 5.57 Å². The average molecular weight is 539 g/mol. The first-order valence-corrected chi connectivity index (χ1v) is 19.1. The van der Waals surface area contributed by atoms with Crippen LogP contribution in [0.3, 0.4) is 0 Å². The van der Waals surface area contributed by atoms with Gasteiger partial charge in [0.05, 0.1) is 0 Å². The molecule has 1 nitrogen and oxygen atoms in total. The summed E-state index contributed by atoms with van der Waals surface area (Å²) in [4.78, 5) is 0. The largest absolute Gasteiger partial charge is 0.147 e. The van der Waals surface area contributed by atoms with E-state index in [1.165, 1.54) is 16.7 Å². The summed E-state index contributed by atoms with van der Waals surface area (Å²) in [6, 6.07) is 11.3. The second-order valence-electron chi connectivity index (χ2n) is 8.57. The minimum Gasteiger partial charge on any atom is -0.147 e. The van der Waals surface area contributed by atoms with Crippen molar-refractivity contribution in [2.75, 3.05) is 0 Å². The third-order valence-electron chi connectivity index (χ3n) is 6.94. The normalized spacial score (nSPS) is 20.2. The Labute approximate surface area is 201 Å². The Hall–Kier alpha value is -0.600. The van der Waals surface area contributed by atoms with Crippen LogP contribution < -0.4 is 0 Å². The second-order valence-corrected chi connectivity index (χ2v) is 25.9. The van der Waals surface area contributed by atoms with Crippen molar-refractivity contribution in [1.29, 1.82) is 0 Å². The Balaban J connectivity index is 0.00000160. The van der Waals surface area contributed by atoms with Crippen molar-refractivity contribution in [3.63, 3.8) is 0 Å². The third kappa shape index (κ3) is 3.96. The van der Waals surface area contributed by atoms with Crippen molar-refractivity contribution in [3.8, 4) is 0 Å². The first-order valence-electron chi connectivity index (χ1n) is 10.2. The van der Waals surface area contributed by atoms with E-state index >= 15 is 0 Å². The Morgan fingerprint density at radius 2 is 1.57 bits per heavy atom. The minimum atomic E-state index is -1.94.